The van der Waals surface area contributed by atoms with E-state index in [4.69, 9.17) is 12.2 Å². The number of benzene rings is 1. The summed E-state index contributed by atoms with van der Waals surface area (Å²) >= 11 is 5.19. The highest BCUT2D eigenvalue weighted by molar-refractivity contribution is 7.80. The third-order valence-corrected chi connectivity index (χ3v) is 2.86. The minimum Gasteiger partial charge on any atom is -0.331 e. The molecule has 0 aliphatic rings. The van der Waals surface area contributed by atoms with Gasteiger partial charge in [-0.1, -0.05) is 23.8 Å². The minimum absolute atomic E-state index is 0.448. The van der Waals surface area contributed by atoms with Crippen LogP contribution in [0.4, 0.5) is 5.69 Å². The third-order valence-electron chi connectivity index (χ3n) is 2.67. The van der Waals surface area contributed by atoms with Gasteiger partial charge in [0.2, 0.25) is 0 Å². The Kier molecular flexibility index (Phi) is 4.79. The molecule has 0 spiro atoms. The maximum atomic E-state index is 5.19. The number of hydrogen-bond acceptors (Lipinski definition) is 3. The van der Waals surface area contributed by atoms with Crippen LogP contribution >= 0.6 is 12.2 Å². The molecule has 1 aromatic carbocycles. The Hall–Kier alpha value is -2.27. The van der Waals surface area contributed by atoms with Gasteiger partial charge in [0.05, 0.1) is 11.4 Å². The highest BCUT2D eigenvalue weighted by Crippen LogP contribution is 2.08. The van der Waals surface area contributed by atoms with E-state index in [-0.39, 0.29) is 0 Å². The van der Waals surface area contributed by atoms with E-state index in [9.17, 15) is 0 Å². The van der Waals surface area contributed by atoms with Crippen molar-refractivity contribution < 1.29 is 0 Å². The quantitative estimate of drug-likeness (QED) is 0.516. The van der Waals surface area contributed by atoms with Crippen molar-refractivity contribution >= 4 is 28.7 Å². The largest absolute Gasteiger partial charge is 0.331 e. The Balaban J connectivity index is 1.93. The van der Waals surface area contributed by atoms with Crippen LogP contribution in [-0.4, -0.2) is 15.8 Å². The second-order valence-corrected chi connectivity index (χ2v) is 4.75. The Bertz CT molecular complexity index is 606. The maximum Gasteiger partial charge on any atom is 0.191 e. The van der Waals surface area contributed by atoms with Crippen molar-refractivity contribution in [2.24, 2.45) is 5.10 Å². The number of nitrogens with one attached hydrogen (secondary N) is 2. The summed E-state index contributed by atoms with van der Waals surface area (Å²) in [5.74, 6) is 0. The highest BCUT2D eigenvalue weighted by Gasteiger charge is 1.99. The summed E-state index contributed by atoms with van der Waals surface area (Å²) in [7, 11) is 0. The van der Waals surface area contributed by atoms with E-state index in [2.05, 4.69) is 20.8 Å². The molecule has 2 N–H and O–H groups in total. The van der Waals surface area contributed by atoms with Gasteiger partial charge < -0.3 is 5.32 Å². The van der Waals surface area contributed by atoms with Gasteiger partial charge in [0.25, 0.3) is 0 Å². The summed E-state index contributed by atoms with van der Waals surface area (Å²) in [6.45, 7) is 3.92. The second kappa shape index (κ2) is 6.77. The van der Waals surface area contributed by atoms with Crippen molar-refractivity contribution in [3.63, 3.8) is 0 Å². The molecule has 1 aromatic heterocycles. The lowest BCUT2D eigenvalue weighted by Crippen LogP contribution is -2.25. The summed E-state index contributed by atoms with van der Waals surface area (Å²) < 4.78 is 0. The van der Waals surface area contributed by atoms with Crippen molar-refractivity contribution in [2.45, 2.75) is 13.8 Å². The van der Waals surface area contributed by atoms with Crippen LogP contribution in [0.25, 0.3) is 0 Å². The number of aryl methyl sites for hydroxylation is 1. The van der Waals surface area contributed by atoms with Crippen molar-refractivity contribution in [1.29, 1.82) is 0 Å². The average Bonchev–Trinajstić information content (AvgIpc) is 2.48. The van der Waals surface area contributed by atoms with Crippen LogP contribution in [0.2, 0.25) is 0 Å². The second-order valence-electron chi connectivity index (χ2n) is 4.34. The summed E-state index contributed by atoms with van der Waals surface area (Å²) in [6, 6.07) is 13.7. The number of aromatic nitrogens is 1. The third kappa shape index (κ3) is 4.13. The molecule has 0 atom stereocenters. The normalized spacial score (nSPS) is 11.0. The first-order chi connectivity index (χ1) is 9.65. The molecule has 0 saturated heterocycles. The van der Waals surface area contributed by atoms with Gasteiger partial charge in [-0.05, 0) is 50.3 Å². The minimum atomic E-state index is 0.448. The molecule has 102 valence electrons. The molecule has 0 saturated carbocycles. The van der Waals surface area contributed by atoms with Crippen LogP contribution in [0.5, 0.6) is 0 Å². The number of rotatable bonds is 3. The van der Waals surface area contributed by atoms with Gasteiger partial charge in [-0.25, -0.2) is 0 Å². The molecule has 0 fully saturated rings. The predicted molar refractivity (Wildman–Crippen MR) is 87.0 cm³/mol. The Labute approximate surface area is 123 Å². The zero-order chi connectivity index (χ0) is 14.4. The van der Waals surface area contributed by atoms with E-state index < -0.39 is 0 Å². The van der Waals surface area contributed by atoms with E-state index >= 15 is 0 Å². The fourth-order valence-corrected chi connectivity index (χ4v) is 1.73. The van der Waals surface area contributed by atoms with Crippen molar-refractivity contribution in [3.8, 4) is 0 Å². The lowest BCUT2D eigenvalue weighted by atomic mass is 10.2. The zero-order valence-electron chi connectivity index (χ0n) is 11.4. The van der Waals surface area contributed by atoms with Crippen LogP contribution in [0.1, 0.15) is 18.2 Å². The standard InChI is InChI=1S/C15H16N4S/c1-11-6-8-13(9-7-11)17-15(20)19-18-12(2)14-5-3-4-10-16-14/h3-10H,1-2H3,(H2,17,19,20)/b18-12-. The van der Waals surface area contributed by atoms with Crippen LogP contribution in [0.15, 0.2) is 53.8 Å². The van der Waals surface area contributed by atoms with Crippen LogP contribution in [0, 0.1) is 6.92 Å². The SMILES string of the molecule is C/C(=N/NC(=S)Nc1ccc(C)cc1)c1ccccn1. The predicted octanol–water partition coefficient (Wildman–Crippen LogP) is 3.10. The first-order valence-electron chi connectivity index (χ1n) is 6.24. The van der Waals surface area contributed by atoms with E-state index in [1.807, 2.05) is 56.3 Å². The molecule has 20 heavy (non-hydrogen) atoms. The monoisotopic (exact) mass is 284 g/mol. The van der Waals surface area contributed by atoms with Crippen molar-refractivity contribution in [3.05, 3.63) is 59.9 Å². The molecule has 0 unspecified atom stereocenters. The summed E-state index contributed by atoms with van der Waals surface area (Å²) in [5, 5.41) is 7.73. The molecule has 2 rings (SSSR count). The number of thiocarbonyl (C=S) groups is 1. The van der Waals surface area contributed by atoms with Crippen LogP contribution < -0.4 is 10.7 Å². The molecular weight excluding hydrogens is 268 g/mol. The van der Waals surface area contributed by atoms with Gasteiger partial charge in [0.15, 0.2) is 5.11 Å². The van der Waals surface area contributed by atoms with Gasteiger partial charge in [-0.3, -0.25) is 10.4 Å². The lowest BCUT2D eigenvalue weighted by molar-refractivity contribution is 1.03. The smallest absolute Gasteiger partial charge is 0.191 e. The van der Waals surface area contributed by atoms with Crippen molar-refractivity contribution in [1.82, 2.24) is 10.4 Å². The first-order valence-corrected chi connectivity index (χ1v) is 6.65. The van der Waals surface area contributed by atoms with Gasteiger partial charge in [-0.2, -0.15) is 5.10 Å². The van der Waals surface area contributed by atoms with Crippen LogP contribution in [0.3, 0.4) is 0 Å². The highest BCUT2D eigenvalue weighted by atomic mass is 32.1. The van der Waals surface area contributed by atoms with E-state index in [1.165, 1.54) is 5.56 Å². The Morgan fingerprint density at radius 3 is 2.55 bits per heavy atom. The lowest BCUT2D eigenvalue weighted by Gasteiger charge is -2.08. The zero-order valence-corrected chi connectivity index (χ0v) is 12.2. The van der Waals surface area contributed by atoms with E-state index in [1.54, 1.807) is 6.20 Å². The van der Waals surface area contributed by atoms with Crippen LogP contribution in [-0.2, 0) is 0 Å². The number of anilines is 1. The van der Waals surface area contributed by atoms with Gasteiger partial charge in [-0.15, -0.1) is 0 Å². The Morgan fingerprint density at radius 2 is 1.90 bits per heavy atom. The topological polar surface area (TPSA) is 49.3 Å². The van der Waals surface area contributed by atoms with E-state index in [0.29, 0.717) is 5.11 Å². The molecule has 5 heteroatoms. The first kappa shape index (κ1) is 14.1. The molecule has 0 aliphatic heterocycles. The molecule has 0 amide bonds. The molecule has 2 aromatic rings. The van der Waals surface area contributed by atoms with Gasteiger partial charge in [0, 0.05) is 11.9 Å². The van der Waals surface area contributed by atoms with Gasteiger partial charge in [0.1, 0.15) is 0 Å². The number of pyridine rings is 1. The molecule has 0 bridgehead atoms. The molecule has 0 aliphatic carbocycles. The number of hydrogen-bond donors (Lipinski definition) is 2. The molecule has 0 radical (unpaired) electrons. The fraction of sp³-hybridized carbons (Fsp3) is 0.133. The number of nitrogens with zero attached hydrogens (tertiary/aromatic N) is 2. The molecule has 1 heterocycles. The number of hydrazone groups is 1. The molecular formula is C15H16N4S. The van der Waals surface area contributed by atoms with Gasteiger partial charge >= 0.3 is 0 Å². The summed E-state index contributed by atoms with van der Waals surface area (Å²) in [4.78, 5) is 4.22. The van der Waals surface area contributed by atoms with E-state index in [0.717, 1.165) is 17.1 Å². The maximum absolute atomic E-state index is 5.19. The van der Waals surface area contributed by atoms with Crippen molar-refractivity contribution in [2.75, 3.05) is 5.32 Å². The Morgan fingerprint density at radius 1 is 1.15 bits per heavy atom. The fourth-order valence-electron chi connectivity index (χ4n) is 1.56. The molecule has 4 nitrogen and oxygen atoms in total. The average molecular weight is 284 g/mol. The summed E-state index contributed by atoms with van der Waals surface area (Å²) in [6.07, 6.45) is 1.73. The summed E-state index contributed by atoms with van der Waals surface area (Å²) in [5.41, 5.74) is 6.54.